The zero-order chi connectivity index (χ0) is 16.5. The van der Waals surface area contributed by atoms with E-state index in [-0.39, 0.29) is 0 Å². The Morgan fingerprint density at radius 1 is 1.08 bits per heavy atom. The molecule has 0 radical (unpaired) electrons. The fourth-order valence-electron chi connectivity index (χ4n) is 3.90. The molecule has 2 heterocycles. The van der Waals surface area contributed by atoms with Crippen molar-refractivity contribution < 1.29 is 4.74 Å². The molecular formula is C19H22BrN3O. The van der Waals surface area contributed by atoms with Gasteiger partial charge in [-0.2, -0.15) is 0 Å². The Kier molecular flexibility index (Phi) is 4.44. The van der Waals surface area contributed by atoms with E-state index in [0.29, 0.717) is 17.9 Å². The van der Waals surface area contributed by atoms with Crippen LogP contribution in [0, 0.1) is 11.8 Å². The smallest absolute Gasteiger partial charge is 0.225 e. The molecule has 2 aliphatic rings. The van der Waals surface area contributed by atoms with Crippen LogP contribution in [-0.2, 0) is 6.42 Å². The maximum atomic E-state index is 6.17. The van der Waals surface area contributed by atoms with E-state index in [1.165, 1.54) is 5.56 Å². The van der Waals surface area contributed by atoms with Gasteiger partial charge in [-0.3, -0.25) is 0 Å². The van der Waals surface area contributed by atoms with Crippen LogP contribution in [0.4, 0.5) is 5.95 Å². The Morgan fingerprint density at radius 3 is 2.29 bits per heavy atom. The van der Waals surface area contributed by atoms with Crippen molar-refractivity contribution in [2.75, 3.05) is 18.0 Å². The van der Waals surface area contributed by atoms with Crippen molar-refractivity contribution in [3.63, 3.8) is 0 Å². The molecule has 1 unspecified atom stereocenters. The second kappa shape index (κ2) is 6.71. The van der Waals surface area contributed by atoms with E-state index in [1.54, 1.807) is 0 Å². The third kappa shape index (κ3) is 3.27. The molecule has 4 nitrogen and oxygen atoms in total. The summed E-state index contributed by atoms with van der Waals surface area (Å²) in [6.45, 7) is 4.23. The lowest BCUT2D eigenvalue weighted by atomic mass is 10.0. The van der Waals surface area contributed by atoms with Crippen molar-refractivity contribution in [1.82, 2.24) is 9.97 Å². The van der Waals surface area contributed by atoms with Gasteiger partial charge in [-0.25, -0.2) is 9.97 Å². The van der Waals surface area contributed by atoms with Crippen LogP contribution in [-0.4, -0.2) is 29.2 Å². The van der Waals surface area contributed by atoms with Crippen molar-refractivity contribution in [2.45, 2.75) is 32.3 Å². The molecule has 0 spiro atoms. The number of aromatic nitrogens is 2. The molecule has 126 valence electrons. The van der Waals surface area contributed by atoms with Gasteiger partial charge in [0.1, 0.15) is 5.75 Å². The average molecular weight is 388 g/mol. The predicted molar refractivity (Wildman–Crippen MR) is 98.4 cm³/mol. The molecule has 1 aliphatic heterocycles. The van der Waals surface area contributed by atoms with Gasteiger partial charge in [0.2, 0.25) is 5.95 Å². The zero-order valence-corrected chi connectivity index (χ0v) is 15.4. The van der Waals surface area contributed by atoms with Crippen LogP contribution in [0.3, 0.4) is 0 Å². The summed E-state index contributed by atoms with van der Waals surface area (Å²) in [5.41, 5.74) is 1.20. The van der Waals surface area contributed by atoms with Crippen molar-refractivity contribution in [1.29, 1.82) is 0 Å². The van der Waals surface area contributed by atoms with Crippen LogP contribution in [0.25, 0.3) is 0 Å². The minimum atomic E-state index is 0.340. The van der Waals surface area contributed by atoms with Gasteiger partial charge < -0.3 is 9.64 Å². The summed E-state index contributed by atoms with van der Waals surface area (Å²) in [4.78, 5) is 11.4. The minimum Gasteiger partial charge on any atom is -0.490 e. The fraction of sp³-hybridized carbons (Fsp3) is 0.474. The molecule has 0 bridgehead atoms. The normalized spacial score (nSPS) is 25.8. The Hall–Kier alpha value is -1.62. The lowest BCUT2D eigenvalue weighted by molar-refractivity contribution is 0.200. The largest absolute Gasteiger partial charge is 0.490 e. The molecule has 2 aromatic rings. The van der Waals surface area contributed by atoms with Gasteiger partial charge in [-0.15, -0.1) is 0 Å². The number of aryl methyl sites for hydroxylation is 1. The molecule has 1 aliphatic carbocycles. The Balaban J connectivity index is 1.35. The van der Waals surface area contributed by atoms with Crippen molar-refractivity contribution in [2.24, 2.45) is 11.8 Å². The molecule has 1 aromatic carbocycles. The van der Waals surface area contributed by atoms with Gasteiger partial charge in [-0.05, 0) is 60.9 Å². The van der Waals surface area contributed by atoms with E-state index >= 15 is 0 Å². The third-order valence-corrected chi connectivity index (χ3v) is 5.74. The quantitative estimate of drug-likeness (QED) is 0.791. The maximum Gasteiger partial charge on any atom is 0.225 e. The highest BCUT2D eigenvalue weighted by atomic mass is 79.9. The van der Waals surface area contributed by atoms with Crippen LogP contribution >= 0.6 is 15.9 Å². The molecular weight excluding hydrogens is 366 g/mol. The summed E-state index contributed by atoms with van der Waals surface area (Å²) < 4.78 is 7.25. The van der Waals surface area contributed by atoms with E-state index in [4.69, 9.17) is 4.74 Å². The van der Waals surface area contributed by atoms with E-state index in [2.05, 4.69) is 37.7 Å². The van der Waals surface area contributed by atoms with Crippen molar-refractivity contribution >= 4 is 21.9 Å². The van der Waals surface area contributed by atoms with Gasteiger partial charge in [-0.1, -0.05) is 22.9 Å². The highest BCUT2D eigenvalue weighted by Crippen LogP contribution is 2.40. The van der Waals surface area contributed by atoms with E-state index in [1.807, 2.05) is 36.7 Å². The van der Waals surface area contributed by atoms with Gasteiger partial charge in [0.15, 0.2) is 0 Å². The van der Waals surface area contributed by atoms with Gasteiger partial charge in [0, 0.05) is 30.0 Å². The number of fused-ring (bicyclic) bond motifs is 1. The first-order valence-corrected chi connectivity index (χ1v) is 9.48. The van der Waals surface area contributed by atoms with E-state index < -0.39 is 0 Å². The number of halogens is 1. The Labute approximate surface area is 151 Å². The van der Waals surface area contributed by atoms with Crippen LogP contribution in [0.2, 0.25) is 0 Å². The summed E-state index contributed by atoms with van der Waals surface area (Å²) >= 11 is 3.46. The summed E-state index contributed by atoms with van der Waals surface area (Å²) in [5.74, 6) is 3.24. The van der Waals surface area contributed by atoms with Crippen LogP contribution in [0.5, 0.6) is 5.75 Å². The molecule has 5 heteroatoms. The summed E-state index contributed by atoms with van der Waals surface area (Å²) in [6.07, 6.45) is 7.49. The molecule has 24 heavy (non-hydrogen) atoms. The first-order valence-electron chi connectivity index (χ1n) is 8.69. The first kappa shape index (κ1) is 15.9. The maximum absolute atomic E-state index is 6.17. The monoisotopic (exact) mass is 387 g/mol. The summed E-state index contributed by atoms with van der Waals surface area (Å²) in [5, 5.41) is 0. The molecule has 1 aromatic heterocycles. The van der Waals surface area contributed by atoms with Gasteiger partial charge >= 0.3 is 0 Å². The number of hydrogen-bond acceptors (Lipinski definition) is 4. The fourth-order valence-corrected chi connectivity index (χ4v) is 4.17. The minimum absolute atomic E-state index is 0.340. The average Bonchev–Trinajstić information content (AvgIpc) is 3.15. The first-order chi connectivity index (χ1) is 11.7. The van der Waals surface area contributed by atoms with Crippen LogP contribution in [0.1, 0.15) is 25.3 Å². The SMILES string of the molecule is CCc1cnc(N2C[C@H]3CC(Oc4ccc(Br)cc4)C[C@H]3C2)nc1. The van der Waals surface area contributed by atoms with Crippen LogP contribution in [0.15, 0.2) is 41.1 Å². The molecule has 2 fully saturated rings. The predicted octanol–water partition coefficient (Wildman–Crippen LogP) is 4.10. The lowest BCUT2D eigenvalue weighted by Gasteiger charge is -2.20. The molecule has 1 saturated heterocycles. The van der Waals surface area contributed by atoms with E-state index in [0.717, 1.165) is 48.5 Å². The summed E-state index contributed by atoms with van der Waals surface area (Å²) in [6, 6.07) is 8.13. The Morgan fingerprint density at radius 2 is 1.71 bits per heavy atom. The van der Waals surface area contributed by atoms with Crippen LogP contribution < -0.4 is 9.64 Å². The Bertz CT molecular complexity index is 675. The zero-order valence-electron chi connectivity index (χ0n) is 13.9. The van der Waals surface area contributed by atoms with E-state index in [9.17, 15) is 0 Å². The molecule has 3 atom stereocenters. The molecule has 0 amide bonds. The number of nitrogens with zero attached hydrogens (tertiary/aromatic N) is 3. The highest BCUT2D eigenvalue weighted by Gasteiger charge is 2.42. The van der Waals surface area contributed by atoms with Crippen molar-refractivity contribution in [3.05, 3.63) is 46.7 Å². The standard InChI is InChI=1S/C19H22BrN3O/c1-2-13-9-21-19(22-10-13)23-11-14-7-18(8-15(14)12-23)24-17-5-3-16(20)4-6-17/h3-6,9-10,14-15,18H,2,7-8,11-12H2,1H3/t14-,15+,18?. The van der Waals surface area contributed by atoms with Gasteiger partial charge in [0.05, 0.1) is 6.10 Å². The molecule has 1 saturated carbocycles. The second-order valence-corrected chi connectivity index (χ2v) is 7.75. The second-order valence-electron chi connectivity index (χ2n) is 6.84. The molecule has 4 rings (SSSR count). The lowest BCUT2D eigenvalue weighted by Crippen LogP contribution is -2.25. The molecule has 0 N–H and O–H groups in total. The van der Waals surface area contributed by atoms with Gasteiger partial charge in [0.25, 0.3) is 0 Å². The summed E-state index contributed by atoms with van der Waals surface area (Å²) in [7, 11) is 0. The number of anilines is 1. The van der Waals surface area contributed by atoms with Crippen molar-refractivity contribution in [3.8, 4) is 5.75 Å². The topological polar surface area (TPSA) is 38.2 Å². The highest BCUT2D eigenvalue weighted by molar-refractivity contribution is 9.10. The number of benzene rings is 1. The number of hydrogen-bond donors (Lipinski definition) is 0. The number of ether oxygens (including phenoxy) is 1. The number of rotatable bonds is 4. The third-order valence-electron chi connectivity index (χ3n) is 5.21.